The quantitative estimate of drug-likeness (QED) is 0.759. The van der Waals surface area contributed by atoms with Crippen molar-refractivity contribution in [3.8, 4) is 0 Å². The van der Waals surface area contributed by atoms with Crippen LogP contribution >= 0.6 is 0 Å². The number of carbonyl (C=O) groups is 1. The monoisotopic (exact) mass is 268 g/mol. The van der Waals surface area contributed by atoms with E-state index < -0.39 is 0 Å². The summed E-state index contributed by atoms with van der Waals surface area (Å²) in [4.78, 5) is 15.2. The van der Waals surface area contributed by atoms with Crippen molar-refractivity contribution in [1.82, 2.24) is 20.1 Å². The van der Waals surface area contributed by atoms with Crippen molar-refractivity contribution in [3.05, 3.63) is 54.0 Å². The zero-order valence-corrected chi connectivity index (χ0v) is 11.3. The van der Waals surface area contributed by atoms with Gasteiger partial charge in [0, 0.05) is 37.1 Å². The molecule has 102 valence electrons. The number of nitrogens with zero attached hydrogens (tertiary/aromatic N) is 2. The molecule has 0 aliphatic carbocycles. The van der Waals surface area contributed by atoms with Gasteiger partial charge < -0.3 is 10.3 Å². The lowest BCUT2D eigenvalue weighted by atomic mass is 10.1. The second-order valence-electron chi connectivity index (χ2n) is 4.81. The number of rotatable bonds is 4. The number of benzene rings is 1. The summed E-state index contributed by atoms with van der Waals surface area (Å²) in [5.74, 6) is -0.0506. The third-order valence-electron chi connectivity index (χ3n) is 3.27. The van der Waals surface area contributed by atoms with Gasteiger partial charge in [-0.05, 0) is 35.6 Å². The number of H-pyrrole nitrogens is 1. The van der Waals surface area contributed by atoms with E-state index in [-0.39, 0.29) is 5.91 Å². The number of aromatic nitrogens is 3. The van der Waals surface area contributed by atoms with Crippen LogP contribution in [0.2, 0.25) is 0 Å². The molecule has 0 unspecified atom stereocenters. The third kappa shape index (κ3) is 2.56. The Morgan fingerprint density at radius 3 is 3.10 bits per heavy atom. The van der Waals surface area contributed by atoms with Gasteiger partial charge in [-0.15, -0.1) is 0 Å². The molecule has 20 heavy (non-hydrogen) atoms. The summed E-state index contributed by atoms with van der Waals surface area (Å²) < 4.78 is 1.76. The molecule has 3 aromatic rings. The van der Waals surface area contributed by atoms with E-state index in [9.17, 15) is 4.79 Å². The minimum absolute atomic E-state index is 0.0506. The number of hydrogen-bond donors (Lipinski definition) is 2. The summed E-state index contributed by atoms with van der Waals surface area (Å²) in [5.41, 5.74) is 2.77. The second-order valence-corrected chi connectivity index (χ2v) is 4.81. The standard InChI is InChI=1S/C15H16N4O/c1-19-10-11(9-18-19)4-6-17-15(20)13-3-2-12-5-7-16-14(12)8-13/h2-3,5,7-10,16H,4,6H2,1H3,(H,17,20). The first kappa shape index (κ1) is 12.5. The maximum Gasteiger partial charge on any atom is 0.251 e. The van der Waals surface area contributed by atoms with Crippen LogP contribution in [0.4, 0.5) is 0 Å². The molecule has 5 heteroatoms. The molecule has 1 aromatic carbocycles. The van der Waals surface area contributed by atoms with E-state index in [0.29, 0.717) is 12.1 Å². The highest BCUT2D eigenvalue weighted by Gasteiger charge is 2.06. The van der Waals surface area contributed by atoms with Gasteiger partial charge in [0.2, 0.25) is 0 Å². The van der Waals surface area contributed by atoms with Crippen LogP contribution in [0.3, 0.4) is 0 Å². The molecule has 0 aliphatic heterocycles. The Hall–Kier alpha value is -2.56. The van der Waals surface area contributed by atoms with E-state index in [4.69, 9.17) is 0 Å². The molecule has 0 radical (unpaired) electrons. The average Bonchev–Trinajstić information content (AvgIpc) is 3.06. The van der Waals surface area contributed by atoms with Crippen LogP contribution in [0.15, 0.2) is 42.9 Å². The molecule has 0 saturated carbocycles. The highest BCUT2D eigenvalue weighted by molar-refractivity contribution is 5.97. The van der Waals surface area contributed by atoms with Gasteiger partial charge >= 0.3 is 0 Å². The number of fused-ring (bicyclic) bond motifs is 1. The molecular formula is C15H16N4O. The van der Waals surface area contributed by atoms with Crippen LogP contribution in [0.25, 0.3) is 10.9 Å². The number of amides is 1. The molecule has 2 N–H and O–H groups in total. The fourth-order valence-corrected chi connectivity index (χ4v) is 2.21. The number of aryl methyl sites for hydroxylation is 1. The molecule has 0 spiro atoms. The number of aromatic amines is 1. The van der Waals surface area contributed by atoms with Gasteiger partial charge in [0.1, 0.15) is 0 Å². The summed E-state index contributed by atoms with van der Waals surface area (Å²) in [7, 11) is 1.88. The van der Waals surface area contributed by atoms with Gasteiger partial charge in [-0.25, -0.2) is 0 Å². The molecule has 0 bridgehead atoms. The Morgan fingerprint density at radius 1 is 1.40 bits per heavy atom. The SMILES string of the molecule is Cn1cc(CCNC(=O)c2ccc3cc[nH]c3c2)cn1. The molecule has 2 aromatic heterocycles. The normalized spacial score (nSPS) is 10.8. The van der Waals surface area contributed by atoms with Crippen LogP contribution in [-0.2, 0) is 13.5 Å². The summed E-state index contributed by atoms with van der Waals surface area (Å²) in [5, 5.41) is 8.13. The van der Waals surface area contributed by atoms with Gasteiger partial charge in [0.05, 0.1) is 6.20 Å². The lowest BCUT2D eigenvalue weighted by Crippen LogP contribution is -2.25. The molecular weight excluding hydrogens is 252 g/mol. The van der Waals surface area contributed by atoms with Gasteiger partial charge in [-0.3, -0.25) is 9.48 Å². The van der Waals surface area contributed by atoms with Crippen LogP contribution in [-0.4, -0.2) is 27.2 Å². The molecule has 3 rings (SSSR count). The van der Waals surface area contributed by atoms with Crippen molar-refractivity contribution >= 4 is 16.8 Å². The van der Waals surface area contributed by atoms with Crippen LogP contribution in [0.5, 0.6) is 0 Å². The van der Waals surface area contributed by atoms with E-state index in [0.717, 1.165) is 22.9 Å². The Bertz CT molecular complexity index is 741. The van der Waals surface area contributed by atoms with Gasteiger partial charge in [-0.2, -0.15) is 5.10 Å². The molecule has 0 atom stereocenters. The predicted octanol–water partition coefficient (Wildman–Crippen LogP) is 1.87. The highest BCUT2D eigenvalue weighted by Crippen LogP contribution is 2.14. The summed E-state index contributed by atoms with van der Waals surface area (Å²) in [6, 6.07) is 7.64. The number of hydrogen-bond acceptors (Lipinski definition) is 2. The van der Waals surface area contributed by atoms with E-state index in [1.807, 2.05) is 49.9 Å². The third-order valence-corrected chi connectivity index (χ3v) is 3.27. The zero-order chi connectivity index (χ0) is 13.9. The minimum atomic E-state index is -0.0506. The van der Waals surface area contributed by atoms with Crippen molar-refractivity contribution in [2.24, 2.45) is 7.05 Å². The van der Waals surface area contributed by atoms with E-state index in [1.165, 1.54) is 0 Å². The molecule has 0 fully saturated rings. The van der Waals surface area contributed by atoms with Crippen molar-refractivity contribution in [1.29, 1.82) is 0 Å². The minimum Gasteiger partial charge on any atom is -0.361 e. The smallest absolute Gasteiger partial charge is 0.251 e. The fourth-order valence-electron chi connectivity index (χ4n) is 2.21. The Morgan fingerprint density at radius 2 is 2.30 bits per heavy atom. The summed E-state index contributed by atoms with van der Waals surface area (Å²) in [6.45, 7) is 0.604. The molecule has 2 heterocycles. The molecule has 0 aliphatic rings. The van der Waals surface area contributed by atoms with Crippen molar-refractivity contribution in [2.45, 2.75) is 6.42 Å². The fraction of sp³-hybridized carbons (Fsp3) is 0.200. The molecule has 0 saturated heterocycles. The van der Waals surface area contributed by atoms with Gasteiger partial charge in [-0.1, -0.05) is 6.07 Å². The maximum atomic E-state index is 12.1. The zero-order valence-electron chi connectivity index (χ0n) is 11.3. The molecule has 5 nitrogen and oxygen atoms in total. The predicted molar refractivity (Wildman–Crippen MR) is 77.5 cm³/mol. The van der Waals surface area contributed by atoms with Crippen molar-refractivity contribution < 1.29 is 4.79 Å². The first-order valence-corrected chi connectivity index (χ1v) is 6.55. The average molecular weight is 268 g/mol. The second kappa shape index (κ2) is 5.21. The van der Waals surface area contributed by atoms with E-state index >= 15 is 0 Å². The summed E-state index contributed by atoms with van der Waals surface area (Å²) >= 11 is 0. The topological polar surface area (TPSA) is 62.7 Å². The maximum absolute atomic E-state index is 12.1. The largest absolute Gasteiger partial charge is 0.361 e. The first-order valence-electron chi connectivity index (χ1n) is 6.55. The van der Waals surface area contributed by atoms with Crippen LogP contribution in [0.1, 0.15) is 15.9 Å². The first-order chi connectivity index (χ1) is 9.72. The number of nitrogens with one attached hydrogen (secondary N) is 2. The molecule has 1 amide bonds. The lowest BCUT2D eigenvalue weighted by Gasteiger charge is -2.04. The van der Waals surface area contributed by atoms with Crippen molar-refractivity contribution in [3.63, 3.8) is 0 Å². The lowest BCUT2D eigenvalue weighted by molar-refractivity contribution is 0.0954. The van der Waals surface area contributed by atoms with Crippen molar-refractivity contribution in [2.75, 3.05) is 6.54 Å². The van der Waals surface area contributed by atoms with Crippen LogP contribution < -0.4 is 5.32 Å². The van der Waals surface area contributed by atoms with E-state index in [1.54, 1.807) is 4.68 Å². The summed E-state index contributed by atoms with van der Waals surface area (Å²) in [6.07, 6.45) is 6.42. The van der Waals surface area contributed by atoms with Crippen LogP contribution in [0, 0.1) is 0 Å². The highest BCUT2D eigenvalue weighted by atomic mass is 16.1. The Balaban J connectivity index is 1.61. The van der Waals surface area contributed by atoms with Gasteiger partial charge in [0.15, 0.2) is 0 Å². The van der Waals surface area contributed by atoms with Gasteiger partial charge in [0.25, 0.3) is 5.91 Å². The Kier molecular flexibility index (Phi) is 3.25. The number of carbonyl (C=O) groups excluding carboxylic acids is 1. The Labute approximate surface area is 116 Å². The van der Waals surface area contributed by atoms with E-state index in [2.05, 4.69) is 15.4 Å².